The molecule has 5 nitrogen and oxygen atoms in total. The van der Waals surface area contributed by atoms with Crippen LogP contribution in [0.1, 0.15) is 17.5 Å². The zero-order valence-electron chi connectivity index (χ0n) is 10.2. The van der Waals surface area contributed by atoms with Gasteiger partial charge < -0.3 is 4.74 Å². The number of hydrogen-bond acceptors (Lipinski definition) is 5. The van der Waals surface area contributed by atoms with Crippen molar-refractivity contribution in [3.8, 4) is 0 Å². The molecule has 6 heteroatoms. The average molecular weight is 263 g/mol. The van der Waals surface area contributed by atoms with Crippen molar-refractivity contribution in [3.63, 3.8) is 0 Å². The number of esters is 1. The Hall–Kier alpha value is -1.95. The number of carbonyl (C=O) groups is 1. The second-order valence-electron chi connectivity index (χ2n) is 3.52. The zero-order valence-corrected chi connectivity index (χ0v) is 11.0. The van der Waals surface area contributed by atoms with Crippen molar-refractivity contribution in [2.75, 3.05) is 6.61 Å². The number of rotatable bonds is 3. The number of nitrogens with zero attached hydrogens (tertiary/aromatic N) is 3. The molecule has 0 saturated carbocycles. The molecule has 94 valence electrons. The van der Waals surface area contributed by atoms with E-state index in [1.54, 1.807) is 18.5 Å². The molecule has 2 rings (SSSR count). The predicted octanol–water partition coefficient (Wildman–Crippen LogP) is 1.89. The van der Waals surface area contributed by atoms with E-state index in [0.717, 1.165) is 5.69 Å². The first-order valence-electron chi connectivity index (χ1n) is 5.52. The highest BCUT2D eigenvalue weighted by Crippen LogP contribution is 2.08. The third kappa shape index (κ3) is 2.65. The lowest BCUT2D eigenvalue weighted by atomic mass is 10.3. The molecule has 0 N–H and O–H groups in total. The van der Waals surface area contributed by atoms with E-state index in [2.05, 4.69) is 9.37 Å². The highest BCUT2D eigenvalue weighted by atomic mass is 32.1. The van der Waals surface area contributed by atoms with Crippen LogP contribution in [0, 0.1) is 0 Å². The molecule has 0 spiro atoms. The molecule has 0 aliphatic rings. The van der Waals surface area contributed by atoms with E-state index in [0.29, 0.717) is 11.4 Å². The lowest BCUT2D eigenvalue weighted by Crippen LogP contribution is -2.18. The maximum absolute atomic E-state index is 11.6. The van der Waals surface area contributed by atoms with Crippen LogP contribution in [0.5, 0.6) is 0 Å². The number of carbonyl (C=O) groups excluding carboxylic acids is 1. The van der Waals surface area contributed by atoms with Crippen molar-refractivity contribution in [1.29, 1.82) is 0 Å². The summed E-state index contributed by atoms with van der Waals surface area (Å²) >= 11 is 1.17. The Morgan fingerprint density at radius 3 is 2.83 bits per heavy atom. The molecule has 0 radical (unpaired) electrons. The van der Waals surface area contributed by atoms with E-state index in [1.807, 2.05) is 30.3 Å². The van der Waals surface area contributed by atoms with Gasteiger partial charge in [0, 0.05) is 18.6 Å². The van der Waals surface area contributed by atoms with Crippen LogP contribution in [-0.2, 0) is 11.8 Å². The first-order chi connectivity index (χ1) is 8.72. The Kier molecular flexibility index (Phi) is 3.88. The van der Waals surface area contributed by atoms with E-state index >= 15 is 0 Å². The monoisotopic (exact) mass is 263 g/mol. The van der Waals surface area contributed by atoms with Crippen LogP contribution in [-0.4, -0.2) is 21.5 Å². The molecule has 0 amide bonds. The van der Waals surface area contributed by atoms with E-state index < -0.39 is 5.97 Å². The summed E-state index contributed by atoms with van der Waals surface area (Å²) in [5.74, 6) is -0.151. The lowest BCUT2D eigenvalue weighted by Gasteiger charge is -1.99. The van der Waals surface area contributed by atoms with Crippen LogP contribution in [0.25, 0.3) is 0 Å². The fourth-order valence-electron chi connectivity index (χ4n) is 1.38. The van der Waals surface area contributed by atoms with Gasteiger partial charge in [-0.15, -0.1) is 0 Å². The van der Waals surface area contributed by atoms with Gasteiger partial charge >= 0.3 is 5.97 Å². The third-order valence-corrected chi connectivity index (χ3v) is 3.05. The van der Waals surface area contributed by atoms with Gasteiger partial charge in [0.05, 0.1) is 12.3 Å². The SMILES string of the molecule is CCOC(=O)c1nsc(=Nc2ccccc2)n1C. The van der Waals surface area contributed by atoms with Crippen molar-refractivity contribution in [2.45, 2.75) is 6.92 Å². The number of hydrogen-bond donors (Lipinski definition) is 0. The summed E-state index contributed by atoms with van der Waals surface area (Å²) in [5.41, 5.74) is 0.826. The Morgan fingerprint density at radius 1 is 1.44 bits per heavy atom. The fraction of sp³-hybridized carbons (Fsp3) is 0.250. The number of aromatic nitrogens is 2. The van der Waals surface area contributed by atoms with Crippen molar-refractivity contribution in [3.05, 3.63) is 41.0 Å². The molecule has 18 heavy (non-hydrogen) atoms. The first-order valence-corrected chi connectivity index (χ1v) is 6.29. The topological polar surface area (TPSA) is 56.5 Å². The summed E-state index contributed by atoms with van der Waals surface area (Å²) in [6, 6.07) is 9.53. The van der Waals surface area contributed by atoms with E-state index in [1.165, 1.54) is 11.5 Å². The zero-order chi connectivity index (χ0) is 13.0. The first kappa shape index (κ1) is 12.5. The summed E-state index contributed by atoms with van der Waals surface area (Å²) < 4.78 is 10.6. The van der Waals surface area contributed by atoms with E-state index in [4.69, 9.17) is 4.74 Å². The Bertz CT molecular complexity index is 601. The van der Waals surface area contributed by atoms with Crippen LogP contribution < -0.4 is 4.80 Å². The normalized spacial score (nSPS) is 11.6. The van der Waals surface area contributed by atoms with Crippen molar-refractivity contribution >= 4 is 23.2 Å². The second-order valence-corrected chi connectivity index (χ2v) is 4.25. The summed E-state index contributed by atoms with van der Waals surface area (Å²) in [6.45, 7) is 2.10. The molecule has 0 aliphatic carbocycles. The predicted molar refractivity (Wildman–Crippen MR) is 68.7 cm³/mol. The molecular formula is C12H13N3O2S. The van der Waals surface area contributed by atoms with Crippen LogP contribution in [0.3, 0.4) is 0 Å². The standard InChI is InChI=1S/C12H13N3O2S/c1-3-17-11(16)10-14-18-12(15(10)2)13-9-7-5-4-6-8-9/h4-8H,3H2,1-2H3. The second kappa shape index (κ2) is 5.59. The van der Waals surface area contributed by atoms with Gasteiger partial charge in [0.25, 0.3) is 0 Å². The fourth-order valence-corrected chi connectivity index (χ4v) is 2.10. The van der Waals surface area contributed by atoms with Crippen molar-refractivity contribution < 1.29 is 9.53 Å². The Balaban J connectivity index is 2.37. The number of benzene rings is 1. The van der Waals surface area contributed by atoms with Crippen molar-refractivity contribution in [2.24, 2.45) is 12.0 Å². The van der Waals surface area contributed by atoms with Gasteiger partial charge in [0.2, 0.25) is 10.6 Å². The van der Waals surface area contributed by atoms with Gasteiger partial charge in [-0.1, -0.05) is 18.2 Å². The summed E-state index contributed by atoms with van der Waals surface area (Å²) in [5, 5.41) is 0. The average Bonchev–Trinajstić information content (AvgIpc) is 2.73. The number of para-hydroxylation sites is 1. The molecule has 0 unspecified atom stereocenters. The van der Waals surface area contributed by atoms with E-state index in [-0.39, 0.29) is 5.82 Å². The molecule has 0 aliphatic heterocycles. The van der Waals surface area contributed by atoms with Crippen LogP contribution >= 0.6 is 11.5 Å². The van der Waals surface area contributed by atoms with Gasteiger partial charge in [-0.05, 0) is 19.1 Å². The lowest BCUT2D eigenvalue weighted by molar-refractivity contribution is 0.0508. The molecular weight excluding hydrogens is 250 g/mol. The van der Waals surface area contributed by atoms with Gasteiger partial charge in [-0.25, -0.2) is 9.79 Å². The third-order valence-electron chi connectivity index (χ3n) is 2.26. The van der Waals surface area contributed by atoms with Crippen LogP contribution in [0.4, 0.5) is 5.69 Å². The molecule has 2 aromatic rings. The van der Waals surface area contributed by atoms with Gasteiger partial charge in [-0.2, -0.15) is 4.37 Å². The molecule has 0 fully saturated rings. The molecule has 0 bridgehead atoms. The minimum Gasteiger partial charge on any atom is -0.460 e. The van der Waals surface area contributed by atoms with Crippen LogP contribution in [0.15, 0.2) is 35.3 Å². The largest absolute Gasteiger partial charge is 0.460 e. The minimum absolute atomic E-state index is 0.275. The molecule has 1 heterocycles. The molecule has 0 saturated heterocycles. The maximum atomic E-state index is 11.6. The highest BCUT2D eigenvalue weighted by Gasteiger charge is 2.14. The molecule has 1 aromatic heterocycles. The Labute approximate surface area is 109 Å². The summed E-state index contributed by atoms with van der Waals surface area (Å²) in [4.78, 5) is 16.7. The Morgan fingerprint density at radius 2 is 2.17 bits per heavy atom. The minimum atomic E-state index is -0.425. The summed E-state index contributed by atoms with van der Waals surface area (Å²) in [6.07, 6.45) is 0. The highest BCUT2D eigenvalue weighted by molar-refractivity contribution is 7.02. The van der Waals surface area contributed by atoms with Gasteiger partial charge in [0.1, 0.15) is 0 Å². The van der Waals surface area contributed by atoms with Crippen molar-refractivity contribution in [1.82, 2.24) is 8.94 Å². The van der Waals surface area contributed by atoms with Gasteiger partial charge in [-0.3, -0.25) is 4.57 Å². The van der Waals surface area contributed by atoms with E-state index in [9.17, 15) is 4.79 Å². The van der Waals surface area contributed by atoms with Crippen LogP contribution in [0.2, 0.25) is 0 Å². The molecule has 0 atom stereocenters. The summed E-state index contributed by atoms with van der Waals surface area (Å²) in [7, 11) is 1.75. The van der Waals surface area contributed by atoms with Gasteiger partial charge in [0.15, 0.2) is 0 Å². The molecule has 1 aromatic carbocycles. The number of ether oxygens (including phenoxy) is 1. The smallest absolute Gasteiger partial charge is 0.375 e. The quantitative estimate of drug-likeness (QED) is 0.795. The maximum Gasteiger partial charge on any atom is 0.375 e.